The van der Waals surface area contributed by atoms with E-state index in [1.54, 1.807) is 11.0 Å². The van der Waals surface area contributed by atoms with E-state index >= 15 is 0 Å². The normalized spacial score (nSPS) is 14.5. The van der Waals surface area contributed by atoms with Gasteiger partial charge in [0, 0.05) is 30.3 Å². The number of aromatic nitrogens is 5. The van der Waals surface area contributed by atoms with Gasteiger partial charge in [0.1, 0.15) is 23.9 Å². The Kier molecular flexibility index (Phi) is 7.13. The first-order chi connectivity index (χ1) is 19.1. The van der Waals surface area contributed by atoms with Gasteiger partial charge in [-0.3, -0.25) is 15.0 Å². The molecule has 0 spiro atoms. The first-order valence-corrected chi connectivity index (χ1v) is 13.1. The van der Waals surface area contributed by atoms with Gasteiger partial charge in [0.25, 0.3) is 5.91 Å². The van der Waals surface area contributed by atoms with Gasteiger partial charge in [-0.1, -0.05) is 26.0 Å². The van der Waals surface area contributed by atoms with Crippen LogP contribution in [-0.4, -0.2) is 81.4 Å². The molecule has 0 unspecified atom stereocenters. The number of anilines is 1. The van der Waals surface area contributed by atoms with Crippen molar-refractivity contribution < 1.29 is 19.1 Å². The number of amides is 1. The first-order valence-electron chi connectivity index (χ1n) is 13.1. The Bertz CT molecular complexity index is 1460. The molecule has 2 aliphatic rings. The van der Waals surface area contributed by atoms with Crippen molar-refractivity contribution in [2.75, 3.05) is 38.3 Å². The molecule has 5 rings (SSSR count). The van der Waals surface area contributed by atoms with Crippen LogP contribution in [0.25, 0.3) is 0 Å². The molecule has 3 aromatic rings. The molecule has 1 aromatic carbocycles. The SMILES string of the molecule is CCOc1cc2c(nc1C(=O)NC)C(=N)N(CC(=O)c1cc3c(c(C(C)(C)C)c1)OCCN3Cc1nn[nH]n1)C2. The number of pyridine rings is 1. The van der Waals surface area contributed by atoms with Gasteiger partial charge in [-0.15, -0.1) is 10.2 Å². The van der Waals surface area contributed by atoms with E-state index in [1.165, 1.54) is 7.05 Å². The Morgan fingerprint density at radius 3 is 2.70 bits per heavy atom. The maximum Gasteiger partial charge on any atom is 0.273 e. The minimum Gasteiger partial charge on any atom is -0.491 e. The molecule has 0 fully saturated rings. The zero-order valence-electron chi connectivity index (χ0n) is 23.3. The second-order valence-corrected chi connectivity index (χ2v) is 10.7. The van der Waals surface area contributed by atoms with Crippen LogP contribution in [0.2, 0.25) is 0 Å². The molecule has 2 aliphatic heterocycles. The summed E-state index contributed by atoms with van der Waals surface area (Å²) in [6.07, 6.45) is 0. The standard InChI is InChI=1S/C27H33N9O4/c1-6-39-20-11-16-12-36(25(28)22(16)30-23(20)26(38)29-5)13-19(37)15-9-17(27(2,3)4)24-18(10-15)35(7-8-40-24)14-21-31-33-34-32-21/h9-11,28H,6-8,12-14H2,1-5H3,(H,29,38)(H,31,32,33,34). The van der Waals surface area contributed by atoms with Crippen LogP contribution >= 0.6 is 0 Å². The number of H-pyrrole nitrogens is 1. The largest absolute Gasteiger partial charge is 0.491 e. The van der Waals surface area contributed by atoms with E-state index < -0.39 is 5.91 Å². The van der Waals surface area contributed by atoms with Gasteiger partial charge in [0.2, 0.25) is 0 Å². The highest BCUT2D eigenvalue weighted by molar-refractivity contribution is 6.06. The lowest BCUT2D eigenvalue weighted by Gasteiger charge is -2.35. The fourth-order valence-electron chi connectivity index (χ4n) is 4.92. The van der Waals surface area contributed by atoms with E-state index in [-0.39, 0.29) is 29.3 Å². The van der Waals surface area contributed by atoms with E-state index in [0.717, 1.165) is 22.6 Å². The number of tetrazole rings is 1. The molecule has 210 valence electrons. The van der Waals surface area contributed by atoms with Gasteiger partial charge < -0.3 is 24.6 Å². The van der Waals surface area contributed by atoms with Gasteiger partial charge in [-0.25, -0.2) is 4.98 Å². The number of hydrogen-bond acceptors (Lipinski definition) is 10. The Labute approximate surface area is 231 Å². The average Bonchev–Trinajstić information content (AvgIpc) is 3.54. The number of ether oxygens (including phenoxy) is 2. The molecule has 2 aromatic heterocycles. The first kappa shape index (κ1) is 27.0. The van der Waals surface area contributed by atoms with Crippen LogP contribution in [0.15, 0.2) is 18.2 Å². The number of nitrogens with zero attached hydrogens (tertiary/aromatic N) is 6. The summed E-state index contributed by atoms with van der Waals surface area (Å²) in [5.74, 6) is 1.19. The Hall–Kier alpha value is -4.55. The molecule has 0 saturated carbocycles. The topological polar surface area (TPSA) is 162 Å². The molecular formula is C27H33N9O4. The number of benzene rings is 1. The monoisotopic (exact) mass is 547 g/mol. The molecule has 0 bridgehead atoms. The molecular weight excluding hydrogens is 514 g/mol. The summed E-state index contributed by atoms with van der Waals surface area (Å²) in [7, 11) is 1.52. The summed E-state index contributed by atoms with van der Waals surface area (Å²) in [6.45, 7) is 10.2. The number of hydrogen-bond donors (Lipinski definition) is 3. The smallest absolute Gasteiger partial charge is 0.273 e. The Morgan fingerprint density at radius 2 is 2.02 bits per heavy atom. The molecule has 40 heavy (non-hydrogen) atoms. The third kappa shape index (κ3) is 5.06. The summed E-state index contributed by atoms with van der Waals surface area (Å²) in [4.78, 5) is 34.3. The third-order valence-corrected chi connectivity index (χ3v) is 6.91. The van der Waals surface area contributed by atoms with E-state index in [1.807, 2.05) is 19.1 Å². The van der Waals surface area contributed by atoms with Crippen LogP contribution in [0.1, 0.15) is 71.2 Å². The van der Waals surface area contributed by atoms with Crippen LogP contribution in [0, 0.1) is 5.41 Å². The van der Waals surface area contributed by atoms with Crippen molar-refractivity contribution in [2.24, 2.45) is 0 Å². The van der Waals surface area contributed by atoms with Crippen LogP contribution < -0.4 is 19.7 Å². The van der Waals surface area contributed by atoms with E-state index in [4.69, 9.17) is 14.9 Å². The molecule has 0 saturated heterocycles. The van der Waals surface area contributed by atoms with Gasteiger partial charge in [0.05, 0.1) is 31.9 Å². The highest BCUT2D eigenvalue weighted by Crippen LogP contribution is 2.42. The van der Waals surface area contributed by atoms with E-state index in [0.29, 0.717) is 55.7 Å². The average molecular weight is 548 g/mol. The predicted molar refractivity (Wildman–Crippen MR) is 146 cm³/mol. The third-order valence-electron chi connectivity index (χ3n) is 6.91. The molecule has 3 N–H and O–H groups in total. The zero-order valence-corrected chi connectivity index (χ0v) is 23.3. The summed E-state index contributed by atoms with van der Waals surface area (Å²) in [5.41, 5.74) is 3.17. The number of amidine groups is 1. The number of rotatable bonds is 8. The maximum atomic E-state index is 13.7. The lowest BCUT2D eigenvalue weighted by molar-refractivity contribution is 0.0949. The number of Topliss-reactive ketones (excluding diaryl/α,β-unsaturated/α-hetero) is 1. The summed E-state index contributed by atoms with van der Waals surface area (Å²) in [6, 6.07) is 5.47. The van der Waals surface area contributed by atoms with Crippen molar-refractivity contribution in [1.82, 2.24) is 35.8 Å². The number of nitrogens with one attached hydrogen (secondary N) is 3. The van der Waals surface area contributed by atoms with Crippen molar-refractivity contribution in [3.8, 4) is 11.5 Å². The minimum absolute atomic E-state index is 0.0253. The van der Waals surface area contributed by atoms with Crippen molar-refractivity contribution in [1.29, 1.82) is 5.41 Å². The molecule has 0 radical (unpaired) electrons. The number of ketones is 1. The predicted octanol–water partition coefficient (Wildman–Crippen LogP) is 2.07. The minimum atomic E-state index is -0.398. The van der Waals surface area contributed by atoms with Crippen LogP contribution in [0.4, 0.5) is 5.69 Å². The van der Waals surface area contributed by atoms with E-state index in [2.05, 4.69) is 56.6 Å². The Morgan fingerprint density at radius 1 is 1.23 bits per heavy atom. The van der Waals surface area contributed by atoms with E-state index in [9.17, 15) is 9.59 Å². The van der Waals surface area contributed by atoms with Gasteiger partial charge in [-0.05, 0) is 30.5 Å². The fraction of sp³-hybridized carbons (Fsp3) is 0.444. The number of fused-ring (bicyclic) bond motifs is 2. The van der Waals surface area contributed by atoms with Crippen LogP contribution in [-0.2, 0) is 18.5 Å². The number of carbonyl (C=O) groups excluding carboxylic acids is 2. The summed E-state index contributed by atoms with van der Waals surface area (Å²) < 4.78 is 11.8. The number of carbonyl (C=O) groups is 2. The summed E-state index contributed by atoms with van der Waals surface area (Å²) >= 11 is 0. The highest BCUT2D eigenvalue weighted by Gasteiger charge is 2.33. The van der Waals surface area contributed by atoms with Crippen molar-refractivity contribution in [3.05, 3.63) is 52.1 Å². The van der Waals surface area contributed by atoms with Gasteiger partial charge in [-0.2, -0.15) is 5.21 Å². The highest BCUT2D eigenvalue weighted by atomic mass is 16.5. The van der Waals surface area contributed by atoms with Crippen molar-refractivity contribution >= 4 is 23.2 Å². The quantitative estimate of drug-likeness (QED) is 0.356. The second-order valence-electron chi connectivity index (χ2n) is 10.7. The lowest BCUT2D eigenvalue weighted by Crippen LogP contribution is -2.35. The van der Waals surface area contributed by atoms with Crippen molar-refractivity contribution in [3.63, 3.8) is 0 Å². The summed E-state index contributed by atoms with van der Waals surface area (Å²) in [5, 5.41) is 25.6. The molecule has 1 amide bonds. The maximum absolute atomic E-state index is 13.7. The van der Waals surface area contributed by atoms with Crippen molar-refractivity contribution in [2.45, 2.75) is 46.2 Å². The zero-order chi connectivity index (χ0) is 28.6. The molecule has 0 atom stereocenters. The second kappa shape index (κ2) is 10.5. The van der Waals surface area contributed by atoms with Crippen LogP contribution in [0.3, 0.4) is 0 Å². The molecule has 0 aliphatic carbocycles. The molecule has 13 heteroatoms. The van der Waals surface area contributed by atoms with Gasteiger partial charge in [0.15, 0.2) is 23.1 Å². The lowest BCUT2D eigenvalue weighted by atomic mass is 9.84. The van der Waals surface area contributed by atoms with Gasteiger partial charge >= 0.3 is 0 Å². The Balaban J connectivity index is 1.45. The molecule has 4 heterocycles. The fourth-order valence-corrected chi connectivity index (χ4v) is 4.92. The molecule has 13 nitrogen and oxygen atoms in total. The van der Waals surface area contributed by atoms with Crippen LogP contribution in [0.5, 0.6) is 11.5 Å². The number of aromatic amines is 1.